The number of hydrogen-bond acceptors (Lipinski definition) is 5. The normalized spacial score (nSPS) is 17.5. The lowest BCUT2D eigenvalue weighted by atomic mass is 9.94. The van der Waals surface area contributed by atoms with Gasteiger partial charge in [0.2, 0.25) is 5.91 Å². The number of aromatic nitrogens is 1. The highest BCUT2D eigenvalue weighted by Gasteiger charge is 2.29. The van der Waals surface area contributed by atoms with Gasteiger partial charge in [-0.05, 0) is 99.9 Å². The van der Waals surface area contributed by atoms with Crippen LogP contribution >= 0.6 is 0 Å². The van der Waals surface area contributed by atoms with Crippen molar-refractivity contribution >= 4 is 23.6 Å². The van der Waals surface area contributed by atoms with Crippen LogP contribution < -0.4 is 21.9 Å². The van der Waals surface area contributed by atoms with Crippen LogP contribution in [0.5, 0.6) is 0 Å². The Morgan fingerprint density at radius 3 is 2.42 bits per heavy atom. The second-order valence-electron chi connectivity index (χ2n) is 12.8. The van der Waals surface area contributed by atoms with E-state index in [0.29, 0.717) is 23.7 Å². The molecular formula is C37H47N5O3. The van der Waals surface area contributed by atoms with Crippen LogP contribution in [-0.2, 0) is 17.9 Å². The fraction of sp³-hybridized carbons (Fsp3) is 0.432. The lowest BCUT2D eigenvalue weighted by molar-refractivity contribution is -0.122. The monoisotopic (exact) mass is 609 g/mol. The molecule has 45 heavy (non-hydrogen) atoms. The van der Waals surface area contributed by atoms with E-state index in [0.717, 1.165) is 77.8 Å². The minimum Gasteiger partial charge on any atom is -0.382 e. The molecule has 8 nitrogen and oxygen atoms in total. The molecule has 1 aliphatic carbocycles. The van der Waals surface area contributed by atoms with Gasteiger partial charge in [0, 0.05) is 47.2 Å². The summed E-state index contributed by atoms with van der Waals surface area (Å²) < 4.78 is 0. The van der Waals surface area contributed by atoms with Gasteiger partial charge in [0.1, 0.15) is 0 Å². The Morgan fingerprint density at radius 1 is 1.02 bits per heavy atom. The number of pyridine rings is 1. The molecular weight excluding hydrogens is 562 g/mol. The molecule has 0 unspecified atom stereocenters. The van der Waals surface area contributed by atoms with Crippen LogP contribution in [0.3, 0.4) is 0 Å². The Bertz CT molecular complexity index is 1630. The number of carbonyl (C=O) groups excluding carboxylic acids is 2. The molecule has 2 amide bonds. The number of rotatable bonds is 11. The number of nitrogens with zero attached hydrogens (tertiary/aromatic N) is 1. The van der Waals surface area contributed by atoms with Crippen LogP contribution in [0.1, 0.15) is 97.1 Å². The molecule has 1 aliphatic heterocycles. The number of aromatic amines is 1. The van der Waals surface area contributed by atoms with Crippen molar-refractivity contribution < 1.29 is 9.59 Å². The maximum atomic E-state index is 14.0. The quantitative estimate of drug-likeness (QED) is 0.206. The number of aryl methyl sites for hydroxylation is 2. The van der Waals surface area contributed by atoms with E-state index in [4.69, 9.17) is 5.73 Å². The van der Waals surface area contributed by atoms with E-state index in [9.17, 15) is 14.4 Å². The van der Waals surface area contributed by atoms with Crippen molar-refractivity contribution in [2.75, 3.05) is 11.9 Å². The third-order valence-electron chi connectivity index (χ3n) is 9.37. The molecule has 2 fully saturated rings. The van der Waals surface area contributed by atoms with Crippen LogP contribution in [0.25, 0.3) is 17.2 Å². The van der Waals surface area contributed by atoms with Gasteiger partial charge in [-0.2, -0.15) is 0 Å². The third-order valence-corrected chi connectivity index (χ3v) is 9.37. The number of nitrogens with two attached hydrogens (primary N) is 1. The number of hydrogen-bond donors (Lipinski definition) is 4. The Labute approximate surface area is 266 Å². The fourth-order valence-corrected chi connectivity index (χ4v) is 6.66. The zero-order valence-corrected chi connectivity index (χ0v) is 27.1. The van der Waals surface area contributed by atoms with Crippen molar-refractivity contribution in [3.05, 3.63) is 91.9 Å². The van der Waals surface area contributed by atoms with E-state index < -0.39 is 0 Å². The summed E-state index contributed by atoms with van der Waals surface area (Å²) in [5.41, 5.74) is 14.3. The third kappa shape index (κ3) is 7.74. The number of H-pyrrole nitrogens is 1. The first kappa shape index (κ1) is 32.2. The maximum absolute atomic E-state index is 14.0. The van der Waals surface area contributed by atoms with Crippen LogP contribution in [-0.4, -0.2) is 40.3 Å². The van der Waals surface area contributed by atoms with E-state index in [1.807, 2.05) is 26.0 Å². The molecule has 3 aromatic rings. The molecule has 1 aromatic heterocycles. The number of carbonyl (C=O) groups is 2. The molecule has 5 N–H and O–H groups in total. The van der Waals surface area contributed by atoms with Gasteiger partial charge in [0.25, 0.3) is 11.5 Å². The molecule has 0 spiro atoms. The Kier molecular flexibility index (Phi) is 10.2. The summed E-state index contributed by atoms with van der Waals surface area (Å²) in [7, 11) is 0. The van der Waals surface area contributed by atoms with Crippen molar-refractivity contribution in [1.82, 2.24) is 15.2 Å². The molecule has 238 valence electrons. The van der Waals surface area contributed by atoms with Crippen LogP contribution in [0.4, 0.5) is 5.69 Å². The minimum atomic E-state index is -0.258. The molecule has 1 saturated heterocycles. The van der Waals surface area contributed by atoms with Gasteiger partial charge < -0.3 is 21.4 Å². The van der Waals surface area contributed by atoms with Gasteiger partial charge in [-0.3, -0.25) is 19.3 Å². The number of primary amides is 1. The van der Waals surface area contributed by atoms with Gasteiger partial charge in [0.05, 0.1) is 6.04 Å². The fourth-order valence-electron chi connectivity index (χ4n) is 6.66. The minimum absolute atomic E-state index is 0.142. The second-order valence-corrected chi connectivity index (χ2v) is 12.8. The Balaban J connectivity index is 1.50. The number of benzene rings is 2. The summed E-state index contributed by atoms with van der Waals surface area (Å²) >= 11 is 0. The molecule has 0 bridgehead atoms. The molecule has 0 radical (unpaired) electrons. The Hall–Kier alpha value is -4.17. The lowest BCUT2D eigenvalue weighted by Crippen LogP contribution is -2.39. The summed E-state index contributed by atoms with van der Waals surface area (Å²) in [6.45, 7) is 9.64. The molecule has 5 rings (SSSR count). The van der Waals surface area contributed by atoms with E-state index in [1.54, 1.807) is 0 Å². The predicted octanol–water partition coefficient (Wildman–Crippen LogP) is 6.21. The van der Waals surface area contributed by atoms with E-state index in [2.05, 4.69) is 70.8 Å². The number of nitrogens with one attached hydrogen (secondary N) is 3. The molecule has 2 heterocycles. The first-order valence-electron chi connectivity index (χ1n) is 16.3. The summed E-state index contributed by atoms with van der Waals surface area (Å²) in [5.74, 6) is -0.476. The maximum Gasteiger partial charge on any atom is 0.253 e. The molecule has 2 aliphatic rings. The summed E-state index contributed by atoms with van der Waals surface area (Å²) in [4.78, 5) is 43.6. The predicted molar refractivity (Wildman–Crippen MR) is 182 cm³/mol. The standard InChI is InChI=1S/C37H47N5O3/c1-5-23(2)17-30-31(36(44)39-21-32-24(3)18-25(4)40-37(32)45)19-28(20-33(30)41-29-9-6-7-10-29)27-14-12-26(13-15-27)22-42-16-8-11-34(42)35(38)43/h12-15,17-20,29,34,41H,5-11,16,21-22H2,1-4H3,(H2,38,43)(H,39,44)(H,40,45)/t34-/m1/s1. The number of amides is 2. The zero-order chi connectivity index (χ0) is 32.1. The van der Waals surface area contributed by atoms with Crippen molar-refractivity contribution in [3.63, 3.8) is 0 Å². The number of allylic oxidation sites excluding steroid dienone is 1. The molecule has 2 aromatic carbocycles. The van der Waals surface area contributed by atoms with Crippen molar-refractivity contribution in [1.29, 1.82) is 0 Å². The van der Waals surface area contributed by atoms with Crippen molar-refractivity contribution in [2.45, 2.75) is 97.8 Å². The average molecular weight is 610 g/mol. The first-order valence-corrected chi connectivity index (χ1v) is 16.3. The smallest absolute Gasteiger partial charge is 0.253 e. The zero-order valence-electron chi connectivity index (χ0n) is 27.1. The van der Waals surface area contributed by atoms with Gasteiger partial charge in [-0.25, -0.2) is 0 Å². The highest BCUT2D eigenvalue weighted by Crippen LogP contribution is 2.34. The Morgan fingerprint density at radius 2 is 1.76 bits per heavy atom. The van der Waals surface area contributed by atoms with Gasteiger partial charge in [-0.1, -0.05) is 55.7 Å². The summed E-state index contributed by atoms with van der Waals surface area (Å²) in [5, 5.41) is 6.84. The highest BCUT2D eigenvalue weighted by molar-refractivity contribution is 6.02. The van der Waals surface area contributed by atoms with Gasteiger partial charge in [-0.15, -0.1) is 0 Å². The highest BCUT2D eigenvalue weighted by atomic mass is 16.2. The molecule has 1 saturated carbocycles. The second kappa shape index (κ2) is 14.3. The van der Waals surface area contributed by atoms with Gasteiger partial charge in [0.15, 0.2) is 0 Å². The van der Waals surface area contributed by atoms with E-state index in [-0.39, 0.29) is 30.0 Å². The summed E-state index contributed by atoms with van der Waals surface area (Å²) in [6, 6.07) is 14.6. The summed E-state index contributed by atoms with van der Waals surface area (Å²) in [6.07, 6.45) is 9.39. The van der Waals surface area contributed by atoms with Gasteiger partial charge >= 0.3 is 0 Å². The first-order chi connectivity index (χ1) is 21.6. The lowest BCUT2D eigenvalue weighted by Gasteiger charge is -2.22. The van der Waals surface area contributed by atoms with Crippen LogP contribution in [0, 0.1) is 13.8 Å². The van der Waals surface area contributed by atoms with Crippen LogP contribution in [0.2, 0.25) is 0 Å². The molecule has 8 heteroatoms. The van der Waals surface area contributed by atoms with Crippen molar-refractivity contribution in [2.24, 2.45) is 5.73 Å². The molecule has 1 atom stereocenters. The van der Waals surface area contributed by atoms with Crippen molar-refractivity contribution in [3.8, 4) is 11.1 Å². The van der Waals surface area contributed by atoms with E-state index in [1.165, 1.54) is 18.4 Å². The largest absolute Gasteiger partial charge is 0.382 e. The van der Waals surface area contributed by atoms with E-state index >= 15 is 0 Å². The number of likely N-dealkylation sites (tertiary alicyclic amines) is 1. The average Bonchev–Trinajstić information content (AvgIpc) is 3.70. The SMILES string of the molecule is CCC(C)=Cc1c(NC2CCCC2)cc(-c2ccc(CN3CCC[C@@H]3C(N)=O)cc2)cc1C(=O)NCc1c(C)cc(C)[nH]c1=O. The topological polar surface area (TPSA) is 120 Å². The number of anilines is 1. The van der Waals surface area contributed by atoms with Crippen LogP contribution in [0.15, 0.2) is 52.8 Å².